The highest BCUT2D eigenvalue weighted by Crippen LogP contribution is 2.27. The van der Waals surface area contributed by atoms with E-state index in [1.165, 1.54) is 4.52 Å². The molecule has 2 fully saturated rings. The molecule has 1 N–H and O–H groups in total. The highest BCUT2D eigenvalue weighted by molar-refractivity contribution is 5.81. The van der Waals surface area contributed by atoms with E-state index in [2.05, 4.69) is 10.1 Å². The molecule has 4 heterocycles. The number of aryl methyl sites for hydroxylation is 1. The Kier molecular flexibility index (Phi) is 4.33. The summed E-state index contributed by atoms with van der Waals surface area (Å²) in [5.74, 6) is 0.354. The number of H-pyrrole nitrogens is 1. The van der Waals surface area contributed by atoms with Gasteiger partial charge in [-0.1, -0.05) is 0 Å². The number of aromatic amines is 1. The number of nitrogens with zero attached hydrogens (tertiary/aromatic N) is 3. The van der Waals surface area contributed by atoms with Crippen molar-refractivity contribution in [3.05, 3.63) is 33.9 Å². The van der Waals surface area contributed by atoms with Gasteiger partial charge in [0.05, 0.1) is 5.69 Å². The maximum Gasteiger partial charge on any atom is 0.272 e. The van der Waals surface area contributed by atoms with Crippen LogP contribution in [0.25, 0.3) is 5.65 Å². The zero-order chi connectivity index (χ0) is 17.4. The molecule has 4 rings (SSSR count). The number of piperidine rings is 1. The Morgan fingerprint density at radius 3 is 2.76 bits per heavy atom. The summed E-state index contributed by atoms with van der Waals surface area (Å²) >= 11 is 0. The third-order valence-corrected chi connectivity index (χ3v) is 5.28. The summed E-state index contributed by atoms with van der Waals surface area (Å²) in [4.78, 5) is 31.4. The quantitative estimate of drug-likeness (QED) is 0.897. The minimum absolute atomic E-state index is 0.0813. The van der Waals surface area contributed by atoms with E-state index < -0.39 is 0 Å². The number of aromatic nitrogens is 3. The molecule has 2 aliphatic heterocycles. The van der Waals surface area contributed by atoms with E-state index in [0.29, 0.717) is 25.3 Å². The summed E-state index contributed by atoms with van der Waals surface area (Å²) < 4.78 is 7.09. The van der Waals surface area contributed by atoms with Gasteiger partial charge in [-0.05, 0) is 39.0 Å². The fourth-order valence-corrected chi connectivity index (χ4v) is 3.87. The van der Waals surface area contributed by atoms with Gasteiger partial charge in [0.2, 0.25) is 0 Å². The van der Waals surface area contributed by atoms with Gasteiger partial charge in [0.25, 0.3) is 11.5 Å². The fraction of sp³-hybridized carbons (Fsp3) is 0.611. The molecule has 0 aromatic carbocycles. The van der Waals surface area contributed by atoms with E-state index in [1.807, 2.05) is 17.9 Å². The van der Waals surface area contributed by atoms with Crippen molar-refractivity contribution in [3.63, 3.8) is 0 Å². The molecule has 2 aliphatic rings. The van der Waals surface area contributed by atoms with Gasteiger partial charge in [-0.15, -0.1) is 0 Å². The molecule has 2 aromatic rings. The lowest BCUT2D eigenvalue weighted by molar-refractivity contribution is -0.147. The van der Waals surface area contributed by atoms with E-state index in [-0.39, 0.29) is 23.5 Å². The van der Waals surface area contributed by atoms with Crippen LogP contribution in [0.3, 0.4) is 0 Å². The second kappa shape index (κ2) is 6.63. The largest absolute Gasteiger partial charge is 0.368 e. The predicted molar refractivity (Wildman–Crippen MR) is 92.7 cm³/mol. The van der Waals surface area contributed by atoms with Crippen molar-refractivity contribution in [1.82, 2.24) is 19.5 Å². The number of fused-ring (bicyclic) bond motifs is 1. The molecule has 7 heteroatoms. The Labute approximate surface area is 146 Å². The van der Waals surface area contributed by atoms with Crippen molar-refractivity contribution in [1.29, 1.82) is 0 Å². The molecular formula is C18H24N4O3. The lowest BCUT2D eigenvalue weighted by Crippen LogP contribution is -2.45. The number of amides is 1. The number of likely N-dealkylation sites (tertiary alicyclic amines) is 1. The van der Waals surface area contributed by atoms with Crippen molar-refractivity contribution < 1.29 is 9.53 Å². The summed E-state index contributed by atoms with van der Waals surface area (Å²) in [6, 6.07) is 3.50. The first-order valence-corrected chi connectivity index (χ1v) is 9.11. The Morgan fingerprint density at radius 1 is 1.24 bits per heavy atom. The van der Waals surface area contributed by atoms with E-state index in [0.717, 1.165) is 43.5 Å². The molecule has 0 saturated carbocycles. The normalized spacial score (nSPS) is 22.4. The molecule has 0 spiro atoms. The van der Waals surface area contributed by atoms with Gasteiger partial charge < -0.3 is 9.64 Å². The van der Waals surface area contributed by atoms with Gasteiger partial charge in [-0.3, -0.25) is 14.7 Å². The third kappa shape index (κ3) is 3.20. The van der Waals surface area contributed by atoms with Crippen molar-refractivity contribution in [3.8, 4) is 0 Å². The standard InChI is InChI=1S/C18H24N4O3/c1-12-10-16-19-14(11-17(23)22(16)20-12)13-5-7-21(8-6-13)18(24)15-4-2-3-9-25-15/h10-11,13,15,20H,2-9H2,1H3. The zero-order valence-electron chi connectivity index (χ0n) is 14.5. The molecule has 134 valence electrons. The zero-order valence-corrected chi connectivity index (χ0v) is 14.5. The van der Waals surface area contributed by atoms with E-state index in [4.69, 9.17) is 4.74 Å². The minimum atomic E-state index is -0.257. The van der Waals surface area contributed by atoms with Crippen LogP contribution in [0.5, 0.6) is 0 Å². The van der Waals surface area contributed by atoms with Crippen LogP contribution in [-0.4, -0.2) is 51.2 Å². The molecule has 1 atom stereocenters. The number of nitrogens with one attached hydrogen (secondary N) is 1. The number of hydrogen-bond donors (Lipinski definition) is 1. The number of carbonyl (C=O) groups is 1. The average molecular weight is 344 g/mol. The number of ether oxygens (including phenoxy) is 1. The van der Waals surface area contributed by atoms with E-state index in [9.17, 15) is 9.59 Å². The Balaban J connectivity index is 1.45. The van der Waals surface area contributed by atoms with Gasteiger partial charge in [0, 0.05) is 43.4 Å². The van der Waals surface area contributed by atoms with Crippen LogP contribution in [-0.2, 0) is 9.53 Å². The summed E-state index contributed by atoms with van der Waals surface area (Å²) in [7, 11) is 0. The number of carbonyl (C=O) groups excluding carboxylic acids is 1. The van der Waals surface area contributed by atoms with Crippen LogP contribution in [0.4, 0.5) is 0 Å². The molecule has 0 bridgehead atoms. The van der Waals surface area contributed by atoms with Gasteiger partial charge in [-0.25, -0.2) is 9.50 Å². The van der Waals surface area contributed by atoms with Gasteiger partial charge >= 0.3 is 0 Å². The molecular weight excluding hydrogens is 320 g/mol. The van der Waals surface area contributed by atoms with Crippen LogP contribution in [0, 0.1) is 6.92 Å². The number of hydrogen-bond acceptors (Lipinski definition) is 4. The smallest absolute Gasteiger partial charge is 0.272 e. The summed E-state index contributed by atoms with van der Waals surface area (Å²) in [6.07, 6.45) is 4.37. The minimum Gasteiger partial charge on any atom is -0.368 e. The first kappa shape index (κ1) is 16.3. The predicted octanol–water partition coefficient (Wildman–Crippen LogP) is 1.61. The van der Waals surface area contributed by atoms with E-state index >= 15 is 0 Å². The Bertz CT molecular complexity index is 826. The molecule has 0 aliphatic carbocycles. The maximum atomic E-state index is 12.6. The van der Waals surface area contributed by atoms with Crippen LogP contribution in [0.15, 0.2) is 16.9 Å². The SMILES string of the molecule is Cc1cc2nc(C3CCN(C(=O)C4CCCCO4)CC3)cc(=O)n2[nH]1. The monoisotopic (exact) mass is 344 g/mol. The fourth-order valence-electron chi connectivity index (χ4n) is 3.87. The molecule has 25 heavy (non-hydrogen) atoms. The second-order valence-electron chi connectivity index (χ2n) is 7.11. The van der Waals surface area contributed by atoms with Crippen molar-refractivity contribution in [2.45, 2.75) is 51.0 Å². The molecule has 2 saturated heterocycles. The second-order valence-corrected chi connectivity index (χ2v) is 7.11. The van der Waals surface area contributed by atoms with Crippen LogP contribution < -0.4 is 5.56 Å². The molecule has 7 nitrogen and oxygen atoms in total. The molecule has 0 radical (unpaired) electrons. The summed E-state index contributed by atoms with van der Waals surface area (Å²) in [6.45, 7) is 4.01. The Morgan fingerprint density at radius 2 is 2.04 bits per heavy atom. The Hall–Kier alpha value is -2.15. The molecule has 2 aromatic heterocycles. The van der Waals surface area contributed by atoms with Crippen molar-refractivity contribution in [2.75, 3.05) is 19.7 Å². The van der Waals surface area contributed by atoms with Crippen molar-refractivity contribution >= 4 is 11.6 Å². The summed E-state index contributed by atoms with van der Waals surface area (Å²) in [5.41, 5.74) is 2.33. The van der Waals surface area contributed by atoms with Gasteiger partial charge in [0.15, 0.2) is 5.65 Å². The van der Waals surface area contributed by atoms with Crippen LogP contribution >= 0.6 is 0 Å². The highest BCUT2D eigenvalue weighted by Gasteiger charge is 2.30. The third-order valence-electron chi connectivity index (χ3n) is 5.28. The van der Waals surface area contributed by atoms with E-state index in [1.54, 1.807) is 6.07 Å². The first-order valence-electron chi connectivity index (χ1n) is 9.11. The lowest BCUT2D eigenvalue weighted by Gasteiger charge is -2.34. The van der Waals surface area contributed by atoms with Crippen LogP contribution in [0.2, 0.25) is 0 Å². The van der Waals surface area contributed by atoms with Gasteiger partial charge in [-0.2, -0.15) is 0 Å². The molecule has 1 unspecified atom stereocenters. The first-order chi connectivity index (χ1) is 12.1. The average Bonchev–Trinajstić information content (AvgIpc) is 3.03. The lowest BCUT2D eigenvalue weighted by atomic mass is 9.92. The summed E-state index contributed by atoms with van der Waals surface area (Å²) in [5, 5.41) is 2.99. The highest BCUT2D eigenvalue weighted by atomic mass is 16.5. The topological polar surface area (TPSA) is 79.7 Å². The molecule has 1 amide bonds. The maximum absolute atomic E-state index is 12.6. The number of rotatable bonds is 2. The van der Waals surface area contributed by atoms with Gasteiger partial charge in [0.1, 0.15) is 6.10 Å². The van der Waals surface area contributed by atoms with Crippen LogP contribution in [0.1, 0.15) is 49.4 Å². The van der Waals surface area contributed by atoms with Crippen molar-refractivity contribution in [2.24, 2.45) is 0 Å².